The highest BCUT2D eigenvalue weighted by atomic mass is 16.4. The van der Waals surface area contributed by atoms with E-state index >= 15 is 0 Å². The number of hydrogen-bond acceptors (Lipinski definition) is 2. The van der Waals surface area contributed by atoms with E-state index in [0.29, 0.717) is 6.54 Å². The van der Waals surface area contributed by atoms with Crippen LogP contribution in [0.5, 0.6) is 0 Å². The molecule has 5 heteroatoms. The number of carboxylic acid groups (broad SMARTS) is 1. The van der Waals surface area contributed by atoms with Crippen LogP contribution in [0.1, 0.15) is 47.0 Å². The van der Waals surface area contributed by atoms with Crippen molar-refractivity contribution in [2.45, 2.75) is 53.0 Å². The van der Waals surface area contributed by atoms with Gasteiger partial charge >= 0.3 is 12.0 Å². The number of carbonyl (C=O) groups excluding carboxylic acids is 1. The lowest BCUT2D eigenvalue weighted by molar-refractivity contribution is -0.138. The highest BCUT2D eigenvalue weighted by Crippen LogP contribution is 2.26. The SMILES string of the molecule is CC(N(C)C(=O)N1CCCC(CC(=O)O)C1)C(C)(C)C. The van der Waals surface area contributed by atoms with Crippen LogP contribution in [0.3, 0.4) is 0 Å². The molecular formula is C15H28N2O3. The molecule has 2 unspecified atom stereocenters. The van der Waals surface area contributed by atoms with Gasteiger partial charge in [0.05, 0.1) is 0 Å². The lowest BCUT2D eigenvalue weighted by Crippen LogP contribution is -2.51. The normalized spacial score (nSPS) is 21.4. The summed E-state index contributed by atoms with van der Waals surface area (Å²) in [6.45, 7) is 9.69. The monoisotopic (exact) mass is 284 g/mol. The van der Waals surface area contributed by atoms with Gasteiger partial charge < -0.3 is 14.9 Å². The molecule has 0 aromatic carbocycles. The first-order chi connectivity index (χ1) is 9.12. The maximum Gasteiger partial charge on any atom is 0.320 e. The third-order valence-electron chi connectivity index (χ3n) is 4.39. The van der Waals surface area contributed by atoms with E-state index < -0.39 is 5.97 Å². The highest BCUT2D eigenvalue weighted by molar-refractivity contribution is 5.75. The standard InChI is InChI=1S/C15H28N2O3/c1-11(15(2,3)4)16(5)14(20)17-8-6-7-12(10-17)9-13(18)19/h11-12H,6-10H2,1-5H3,(H,18,19). The Morgan fingerprint density at radius 1 is 1.40 bits per heavy atom. The number of carboxylic acids is 1. The predicted molar refractivity (Wildman–Crippen MR) is 78.6 cm³/mol. The van der Waals surface area contributed by atoms with Crippen molar-refractivity contribution < 1.29 is 14.7 Å². The van der Waals surface area contributed by atoms with Crippen LogP contribution in [0.4, 0.5) is 4.79 Å². The molecule has 0 aliphatic carbocycles. The van der Waals surface area contributed by atoms with Crippen molar-refractivity contribution in [2.24, 2.45) is 11.3 Å². The Balaban J connectivity index is 2.64. The van der Waals surface area contributed by atoms with Gasteiger partial charge in [-0.25, -0.2) is 4.79 Å². The molecule has 116 valence electrons. The molecule has 0 aromatic heterocycles. The molecule has 0 radical (unpaired) electrons. The van der Waals surface area contributed by atoms with Crippen LogP contribution in [0, 0.1) is 11.3 Å². The van der Waals surface area contributed by atoms with Gasteiger partial charge in [-0.05, 0) is 31.1 Å². The number of amides is 2. The van der Waals surface area contributed by atoms with Crippen LogP contribution < -0.4 is 0 Å². The summed E-state index contributed by atoms with van der Waals surface area (Å²) < 4.78 is 0. The summed E-state index contributed by atoms with van der Waals surface area (Å²) in [5.41, 5.74) is 0.0284. The number of piperidine rings is 1. The molecule has 1 N–H and O–H groups in total. The van der Waals surface area contributed by atoms with E-state index in [4.69, 9.17) is 5.11 Å². The number of urea groups is 1. The molecule has 0 aromatic rings. The van der Waals surface area contributed by atoms with E-state index in [0.717, 1.165) is 19.4 Å². The number of carbonyl (C=O) groups is 2. The average molecular weight is 284 g/mol. The molecule has 2 amide bonds. The molecule has 1 aliphatic rings. The first-order valence-electron chi connectivity index (χ1n) is 7.36. The Bertz CT molecular complexity index is 363. The second-order valence-electron chi connectivity index (χ2n) is 6.99. The van der Waals surface area contributed by atoms with Crippen molar-refractivity contribution in [3.05, 3.63) is 0 Å². The second kappa shape index (κ2) is 6.46. The summed E-state index contributed by atoms with van der Waals surface area (Å²) in [5, 5.41) is 8.88. The topological polar surface area (TPSA) is 60.9 Å². The maximum absolute atomic E-state index is 12.5. The number of aliphatic carboxylic acids is 1. The van der Waals surface area contributed by atoms with E-state index in [9.17, 15) is 9.59 Å². The van der Waals surface area contributed by atoms with Gasteiger partial charge in [-0.3, -0.25) is 4.79 Å². The minimum atomic E-state index is -0.777. The van der Waals surface area contributed by atoms with Gasteiger partial charge in [0, 0.05) is 32.6 Å². The molecule has 20 heavy (non-hydrogen) atoms. The molecule has 2 atom stereocenters. The number of rotatable bonds is 3. The molecule has 0 saturated carbocycles. The Hall–Kier alpha value is -1.26. The molecule has 1 saturated heterocycles. The summed E-state index contributed by atoms with van der Waals surface area (Å²) in [4.78, 5) is 26.9. The Kier molecular flexibility index (Phi) is 5.42. The molecule has 0 spiro atoms. The third-order valence-corrected chi connectivity index (χ3v) is 4.39. The van der Waals surface area contributed by atoms with E-state index in [1.165, 1.54) is 0 Å². The lowest BCUT2D eigenvalue weighted by atomic mass is 9.87. The first kappa shape index (κ1) is 16.8. The summed E-state index contributed by atoms with van der Waals surface area (Å²) in [5.74, 6) is -0.691. The van der Waals surface area contributed by atoms with Gasteiger partial charge in [0.25, 0.3) is 0 Å². The van der Waals surface area contributed by atoms with E-state index in [1.807, 2.05) is 7.05 Å². The third kappa shape index (κ3) is 4.39. The fourth-order valence-electron chi connectivity index (χ4n) is 2.62. The quantitative estimate of drug-likeness (QED) is 0.866. The molecule has 1 heterocycles. The lowest BCUT2D eigenvalue weighted by Gasteiger charge is -2.40. The maximum atomic E-state index is 12.5. The van der Waals surface area contributed by atoms with Crippen LogP contribution in [0.25, 0.3) is 0 Å². The van der Waals surface area contributed by atoms with Crippen LogP contribution in [-0.4, -0.2) is 53.1 Å². The van der Waals surface area contributed by atoms with Crippen LogP contribution in [0.15, 0.2) is 0 Å². The fourth-order valence-corrected chi connectivity index (χ4v) is 2.62. The van der Waals surface area contributed by atoms with Crippen LogP contribution in [0.2, 0.25) is 0 Å². The first-order valence-corrected chi connectivity index (χ1v) is 7.36. The average Bonchev–Trinajstić information content (AvgIpc) is 2.34. The van der Waals surface area contributed by atoms with Gasteiger partial charge in [0.1, 0.15) is 0 Å². The zero-order valence-corrected chi connectivity index (χ0v) is 13.3. The molecule has 0 bridgehead atoms. The van der Waals surface area contributed by atoms with Crippen molar-refractivity contribution in [3.63, 3.8) is 0 Å². The highest BCUT2D eigenvalue weighted by Gasteiger charge is 2.32. The molecule has 1 aliphatic heterocycles. The number of likely N-dealkylation sites (tertiary alicyclic amines) is 1. The van der Waals surface area contributed by atoms with Crippen molar-refractivity contribution >= 4 is 12.0 Å². The second-order valence-corrected chi connectivity index (χ2v) is 6.99. The molecule has 5 nitrogen and oxygen atoms in total. The smallest absolute Gasteiger partial charge is 0.320 e. The number of nitrogens with zero attached hydrogens (tertiary/aromatic N) is 2. The van der Waals surface area contributed by atoms with Gasteiger partial charge in [0.2, 0.25) is 0 Å². The van der Waals surface area contributed by atoms with E-state index in [2.05, 4.69) is 27.7 Å². The fraction of sp³-hybridized carbons (Fsp3) is 0.867. The van der Waals surface area contributed by atoms with Crippen molar-refractivity contribution in [1.29, 1.82) is 0 Å². The zero-order chi connectivity index (χ0) is 15.5. The van der Waals surface area contributed by atoms with Crippen molar-refractivity contribution in [2.75, 3.05) is 20.1 Å². The summed E-state index contributed by atoms with van der Waals surface area (Å²) in [6, 6.07) is 0.150. The van der Waals surface area contributed by atoms with Crippen molar-refractivity contribution in [1.82, 2.24) is 9.80 Å². The summed E-state index contributed by atoms with van der Waals surface area (Å²) in [7, 11) is 1.83. The van der Waals surface area contributed by atoms with Gasteiger partial charge in [0.15, 0.2) is 0 Å². The van der Waals surface area contributed by atoms with Crippen LogP contribution >= 0.6 is 0 Å². The van der Waals surface area contributed by atoms with E-state index in [1.54, 1.807) is 9.80 Å². The largest absolute Gasteiger partial charge is 0.481 e. The predicted octanol–water partition coefficient (Wildman–Crippen LogP) is 2.66. The minimum absolute atomic E-state index is 0.0162. The van der Waals surface area contributed by atoms with Crippen molar-refractivity contribution in [3.8, 4) is 0 Å². The minimum Gasteiger partial charge on any atom is -0.481 e. The summed E-state index contributed by atoms with van der Waals surface area (Å²) >= 11 is 0. The van der Waals surface area contributed by atoms with Crippen LogP contribution in [-0.2, 0) is 4.79 Å². The Morgan fingerprint density at radius 2 is 2.00 bits per heavy atom. The van der Waals surface area contributed by atoms with E-state index in [-0.39, 0.29) is 29.8 Å². The Morgan fingerprint density at radius 3 is 2.50 bits per heavy atom. The molecular weight excluding hydrogens is 256 g/mol. The molecule has 1 fully saturated rings. The van der Waals surface area contributed by atoms with Gasteiger partial charge in [-0.15, -0.1) is 0 Å². The molecule has 1 rings (SSSR count). The summed E-state index contributed by atoms with van der Waals surface area (Å²) in [6.07, 6.45) is 1.94. The Labute approximate surface area is 121 Å². The number of hydrogen-bond donors (Lipinski definition) is 1. The van der Waals surface area contributed by atoms with Gasteiger partial charge in [-0.1, -0.05) is 20.8 Å². The van der Waals surface area contributed by atoms with Gasteiger partial charge in [-0.2, -0.15) is 0 Å². The zero-order valence-electron chi connectivity index (χ0n) is 13.3.